The first kappa shape index (κ1) is 14.1. The quantitative estimate of drug-likeness (QED) is 0.872. The molecule has 0 fully saturated rings. The van der Waals surface area contributed by atoms with Gasteiger partial charge in [-0.15, -0.1) is 0 Å². The zero-order chi connectivity index (χ0) is 15.0. The van der Waals surface area contributed by atoms with Crippen molar-refractivity contribution in [2.24, 2.45) is 0 Å². The maximum atomic E-state index is 12.7. The molecule has 1 unspecified atom stereocenters. The monoisotopic (exact) mass is 301 g/mol. The van der Waals surface area contributed by atoms with E-state index in [1.165, 1.54) is 0 Å². The summed E-state index contributed by atoms with van der Waals surface area (Å²) in [4.78, 5) is 14.4. The van der Waals surface area contributed by atoms with Crippen LogP contribution in [-0.4, -0.2) is 17.6 Å². The van der Waals surface area contributed by atoms with E-state index in [0.29, 0.717) is 23.6 Å². The second-order valence-electron chi connectivity index (χ2n) is 5.30. The molecule has 0 aromatic heterocycles. The van der Waals surface area contributed by atoms with Gasteiger partial charge in [0.1, 0.15) is 0 Å². The fourth-order valence-electron chi connectivity index (χ4n) is 2.70. The van der Waals surface area contributed by atoms with Gasteiger partial charge in [-0.25, -0.2) is 0 Å². The van der Waals surface area contributed by atoms with Crippen LogP contribution in [0.5, 0.6) is 0 Å². The van der Waals surface area contributed by atoms with Gasteiger partial charge < -0.3 is 10.0 Å². The highest BCUT2D eigenvalue weighted by atomic mass is 35.5. The third kappa shape index (κ3) is 2.55. The second kappa shape index (κ2) is 5.51. The molecule has 1 aliphatic rings. The number of benzene rings is 2. The summed E-state index contributed by atoms with van der Waals surface area (Å²) in [6, 6.07) is 12.8. The van der Waals surface area contributed by atoms with E-state index in [0.717, 1.165) is 16.8 Å². The average Bonchev–Trinajstić information content (AvgIpc) is 2.48. The van der Waals surface area contributed by atoms with Gasteiger partial charge >= 0.3 is 0 Å². The summed E-state index contributed by atoms with van der Waals surface area (Å²) >= 11 is 6.12. The van der Waals surface area contributed by atoms with E-state index < -0.39 is 6.10 Å². The molecule has 21 heavy (non-hydrogen) atoms. The molecule has 4 heteroatoms. The first-order valence-corrected chi connectivity index (χ1v) is 7.31. The zero-order valence-electron chi connectivity index (χ0n) is 11.7. The molecule has 0 radical (unpaired) electrons. The van der Waals surface area contributed by atoms with E-state index >= 15 is 0 Å². The number of hydrogen-bond acceptors (Lipinski definition) is 2. The van der Waals surface area contributed by atoms with Crippen LogP contribution in [0.2, 0.25) is 5.02 Å². The predicted octanol–water partition coefficient (Wildman–Crippen LogP) is 3.73. The van der Waals surface area contributed by atoms with Crippen LogP contribution in [-0.2, 0) is 0 Å². The maximum Gasteiger partial charge on any atom is 0.259 e. The molecule has 3 nitrogen and oxygen atoms in total. The number of carbonyl (C=O) groups excluding carboxylic acids is 1. The number of hydrogen-bond donors (Lipinski definition) is 1. The summed E-state index contributed by atoms with van der Waals surface area (Å²) in [7, 11) is 0. The number of halogens is 1. The number of aliphatic hydroxyl groups is 1. The maximum absolute atomic E-state index is 12.7. The van der Waals surface area contributed by atoms with Crippen molar-refractivity contribution in [2.45, 2.75) is 19.4 Å². The fourth-order valence-corrected chi connectivity index (χ4v) is 2.92. The van der Waals surface area contributed by atoms with E-state index in [1.807, 2.05) is 25.1 Å². The second-order valence-corrected chi connectivity index (χ2v) is 5.71. The standard InChI is InChI=1S/C17H16ClNO2/c1-11-6-7-15-13(10-11)16(20)8-9-19(15)17(21)12-4-2-3-5-14(12)18/h2-7,10,16,20H,8-9H2,1H3. The Bertz CT molecular complexity index is 699. The van der Waals surface area contributed by atoms with Crippen molar-refractivity contribution in [3.8, 4) is 0 Å². The predicted molar refractivity (Wildman–Crippen MR) is 83.9 cm³/mol. The van der Waals surface area contributed by atoms with Gasteiger partial charge in [-0.1, -0.05) is 41.4 Å². The number of aryl methyl sites for hydroxylation is 1. The molecule has 1 aliphatic heterocycles. The smallest absolute Gasteiger partial charge is 0.259 e. The summed E-state index contributed by atoms with van der Waals surface area (Å²) in [5.41, 5.74) is 3.13. The molecule has 0 saturated heterocycles. The van der Waals surface area contributed by atoms with E-state index in [2.05, 4.69) is 0 Å². The molecule has 108 valence electrons. The SMILES string of the molecule is Cc1ccc2c(c1)C(O)CCN2C(=O)c1ccccc1Cl. The topological polar surface area (TPSA) is 40.5 Å². The third-order valence-electron chi connectivity index (χ3n) is 3.81. The molecule has 1 heterocycles. The van der Waals surface area contributed by atoms with Crippen LogP contribution in [0.1, 0.15) is 34.0 Å². The Morgan fingerprint density at radius 3 is 2.81 bits per heavy atom. The molecule has 0 bridgehead atoms. The molecule has 2 aromatic rings. The fraction of sp³-hybridized carbons (Fsp3) is 0.235. The van der Waals surface area contributed by atoms with Gasteiger partial charge in [0, 0.05) is 17.8 Å². The number of anilines is 1. The summed E-state index contributed by atoms with van der Waals surface area (Å²) < 4.78 is 0. The molecule has 1 N–H and O–H groups in total. The molecular formula is C17H16ClNO2. The van der Waals surface area contributed by atoms with Crippen molar-refractivity contribution in [3.05, 3.63) is 64.2 Å². The highest BCUT2D eigenvalue weighted by Gasteiger charge is 2.28. The van der Waals surface area contributed by atoms with Crippen LogP contribution in [0.4, 0.5) is 5.69 Å². The van der Waals surface area contributed by atoms with Crippen molar-refractivity contribution in [1.82, 2.24) is 0 Å². The minimum absolute atomic E-state index is 0.127. The van der Waals surface area contributed by atoms with Gasteiger partial charge in [-0.3, -0.25) is 4.79 Å². The normalized spacial score (nSPS) is 17.5. The number of amides is 1. The molecule has 2 aromatic carbocycles. The first-order chi connectivity index (χ1) is 10.1. The summed E-state index contributed by atoms with van der Waals surface area (Å²) in [6.45, 7) is 2.46. The lowest BCUT2D eigenvalue weighted by atomic mass is 9.96. The van der Waals surface area contributed by atoms with Gasteiger partial charge in [0.05, 0.1) is 16.7 Å². The lowest BCUT2D eigenvalue weighted by molar-refractivity contribution is 0.0970. The number of rotatable bonds is 1. The molecule has 1 atom stereocenters. The average molecular weight is 302 g/mol. The van der Waals surface area contributed by atoms with E-state index in [4.69, 9.17) is 11.6 Å². The Balaban J connectivity index is 2.03. The number of nitrogens with zero attached hydrogens (tertiary/aromatic N) is 1. The van der Waals surface area contributed by atoms with Gasteiger partial charge in [0.2, 0.25) is 0 Å². The van der Waals surface area contributed by atoms with E-state index in [1.54, 1.807) is 29.2 Å². The first-order valence-electron chi connectivity index (χ1n) is 6.93. The number of carbonyl (C=O) groups is 1. The molecule has 0 saturated carbocycles. The molecule has 0 spiro atoms. The largest absolute Gasteiger partial charge is 0.388 e. The third-order valence-corrected chi connectivity index (χ3v) is 4.14. The molecular weight excluding hydrogens is 286 g/mol. The summed E-state index contributed by atoms with van der Waals surface area (Å²) in [5.74, 6) is -0.127. The number of fused-ring (bicyclic) bond motifs is 1. The van der Waals surface area contributed by atoms with Crippen molar-refractivity contribution in [3.63, 3.8) is 0 Å². The lowest BCUT2D eigenvalue weighted by Gasteiger charge is -2.32. The Morgan fingerprint density at radius 1 is 1.29 bits per heavy atom. The van der Waals surface area contributed by atoms with Crippen LogP contribution in [0.3, 0.4) is 0 Å². The van der Waals surface area contributed by atoms with Gasteiger partial charge in [-0.05, 0) is 31.5 Å². The molecule has 0 aliphatic carbocycles. The van der Waals surface area contributed by atoms with E-state index in [-0.39, 0.29) is 5.91 Å². The number of aliphatic hydroxyl groups excluding tert-OH is 1. The van der Waals surface area contributed by atoms with Crippen LogP contribution < -0.4 is 4.90 Å². The van der Waals surface area contributed by atoms with Crippen molar-refractivity contribution in [1.29, 1.82) is 0 Å². The van der Waals surface area contributed by atoms with Crippen LogP contribution in [0.25, 0.3) is 0 Å². The van der Waals surface area contributed by atoms with Crippen molar-refractivity contribution < 1.29 is 9.90 Å². The Hall–Kier alpha value is -1.84. The van der Waals surface area contributed by atoms with Crippen molar-refractivity contribution >= 4 is 23.2 Å². The van der Waals surface area contributed by atoms with Gasteiger partial charge in [0.25, 0.3) is 5.91 Å². The minimum atomic E-state index is -0.518. The Kier molecular flexibility index (Phi) is 3.70. The van der Waals surface area contributed by atoms with Crippen LogP contribution >= 0.6 is 11.6 Å². The van der Waals surface area contributed by atoms with Crippen molar-refractivity contribution in [2.75, 3.05) is 11.4 Å². The highest BCUT2D eigenvalue weighted by molar-refractivity contribution is 6.34. The van der Waals surface area contributed by atoms with Crippen LogP contribution in [0, 0.1) is 6.92 Å². The lowest BCUT2D eigenvalue weighted by Crippen LogP contribution is -2.36. The zero-order valence-corrected chi connectivity index (χ0v) is 12.5. The summed E-state index contributed by atoms with van der Waals surface area (Å²) in [6.07, 6.45) is 0.0160. The molecule has 3 rings (SSSR count). The Labute approximate surface area is 128 Å². The Morgan fingerprint density at radius 2 is 2.05 bits per heavy atom. The molecule has 1 amide bonds. The highest BCUT2D eigenvalue weighted by Crippen LogP contribution is 2.35. The van der Waals surface area contributed by atoms with Gasteiger partial charge in [-0.2, -0.15) is 0 Å². The van der Waals surface area contributed by atoms with E-state index in [9.17, 15) is 9.90 Å². The minimum Gasteiger partial charge on any atom is -0.388 e. The van der Waals surface area contributed by atoms with Crippen LogP contribution in [0.15, 0.2) is 42.5 Å². The summed E-state index contributed by atoms with van der Waals surface area (Å²) in [5, 5.41) is 10.6. The van der Waals surface area contributed by atoms with Gasteiger partial charge in [0.15, 0.2) is 0 Å².